The van der Waals surface area contributed by atoms with Crippen LogP contribution in [0.4, 0.5) is 0 Å². The van der Waals surface area contributed by atoms with Gasteiger partial charge in [-0.2, -0.15) is 0 Å². The van der Waals surface area contributed by atoms with Crippen molar-refractivity contribution in [2.45, 2.75) is 45.1 Å². The van der Waals surface area contributed by atoms with Gasteiger partial charge in [-0.05, 0) is 32.1 Å². The van der Waals surface area contributed by atoms with Crippen LogP contribution in [0.2, 0.25) is 0 Å². The first-order valence-corrected chi connectivity index (χ1v) is 4.29. The predicted molar refractivity (Wildman–Crippen MR) is 44.8 cm³/mol. The lowest BCUT2D eigenvalue weighted by Crippen LogP contribution is -2.22. The molecule has 58 valence electrons. The second kappa shape index (κ2) is 3.77. The van der Waals surface area contributed by atoms with Gasteiger partial charge in [0.2, 0.25) is 0 Å². The highest BCUT2D eigenvalue weighted by Gasteiger charge is 2.08. The maximum absolute atomic E-state index is 5.88. The highest BCUT2D eigenvalue weighted by Crippen LogP contribution is 2.20. The van der Waals surface area contributed by atoms with Crippen molar-refractivity contribution >= 4 is 0 Å². The Balaban J connectivity index is 2.44. The van der Waals surface area contributed by atoms with Crippen molar-refractivity contribution in [3.05, 3.63) is 11.6 Å². The molecule has 0 unspecified atom stereocenters. The Morgan fingerprint density at radius 1 is 1.60 bits per heavy atom. The summed E-state index contributed by atoms with van der Waals surface area (Å²) in [5.74, 6) is 0. The Bertz CT molecular complexity index is 127. The van der Waals surface area contributed by atoms with Crippen LogP contribution in [0.5, 0.6) is 0 Å². The Morgan fingerprint density at radius 3 is 2.90 bits per heavy atom. The molecule has 0 bridgehead atoms. The summed E-state index contributed by atoms with van der Waals surface area (Å²) in [5, 5.41) is 0. The van der Waals surface area contributed by atoms with Crippen LogP contribution < -0.4 is 5.73 Å². The molecule has 0 aromatic rings. The van der Waals surface area contributed by atoms with Crippen LogP contribution in [0.1, 0.15) is 39.0 Å². The quantitative estimate of drug-likeness (QED) is 0.583. The maximum Gasteiger partial charge on any atom is 0.0250 e. The third-order valence-electron chi connectivity index (χ3n) is 2.24. The topological polar surface area (TPSA) is 26.0 Å². The third-order valence-corrected chi connectivity index (χ3v) is 2.24. The minimum atomic E-state index is 0.347. The molecule has 0 saturated carbocycles. The minimum Gasteiger partial charge on any atom is -0.324 e. The predicted octanol–water partition coefficient (Wildman–Crippen LogP) is 2.22. The van der Waals surface area contributed by atoms with E-state index in [0.717, 1.165) is 6.42 Å². The van der Waals surface area contributed by atoms with Crippen molar-refractivity contribution < 1.29 is 0 Å². The van der Waals surface area contributed by atoms with Crippen LogP contribution in [0.3, 0.4) is 0 Å². The lowest BCUT2D eigenvalue weighted by Gasteiger charge is -2.17. The summed E-state index contributed by atoms with van der Waals surface area (Å²) in [6.07, 6.45) is 8.63. The molecule has 0 aliphatic heterocycles. The van der Waals surface area contributed by atoms with E-state index in [1.54, 1.807) is 0 Å². The highest BCUT2D eigenvalue weighted by atomic mass is 14.6. The summed E-state index contributed by atoms with van der Waals surface area (Å²) in [6, 6.07) is 0.347. The van der Waals surface area contributed by atoms with E-state index in [1.807, 2.05) is 0 Å². The first-order chi connectivity index (χ1) is 4.84. The molecule has 1 atom stereocenters. The smallest absolute Gasteiger partial charge is 0.0250 e. The van der Waals surface area contributed by atoms with Crippen molar-refractivity contribution in [1.29, 1.82) is 0 Å². The van der Waals surface area contributed by atoms with Gasteiger partial charge in [0.05, 0.1) is 0 Å². The molecule has 2 N–H and O–H groups in total. The summed E-state index contributed by atoms with van der Waals surface area (Å²) in [4.78, 5) is 0. The fourth-order valence-electron chi connectivity index (χ4n) is 1.46. The summed E-state index contributed by atoms with van der Waals surface area (Å²) < 4.78 is 0. The lowest BCUT2D eigenvalue weighted by molar-refractivity contribution is 0.622. The average Bonchev–Trinajstić information content (AvgIpc) is 2.05. The largest absolute Gasteiger partial charge is 0.324 e. The van der Waals surface area contributed by atoms with Gasteiger partial charge in [-0.1, -0.05) is 18.6 Å². The Hall–Kier alpha value is -0.300. The zero-order valence-corrected chi connectivity index (χ0v) is 6.77. The van der Waals surface area contributed by atoms with Gasteiger partial charge in [0.25, 0.3) is 0 Å². The van der Waals surface area contributed by atoms with Crippen LogP contribution in [0.15, 0.2) is 11.6 Å². The summed E-state index contributed by atoms with van der Waals surface area (Å²) >= 11 is 0. The molecule has 1 rings (SSSR count). The van der Waals surface area contributed by atoms with Gasteiger partial charge in [-0.3, -0.25) is 0 Å². The number of rotatable bonds is 2. The molecule has 0 heterocycles. The van der Waals surface area contributed by atoms with E-state index in [9.17, 15) is 0 Å². The van der Waals surface area contributed by atoms with Crippen molar-refractivity contribution in [3.8, 4) is 0 Å². The van der Waals surface area contributed by atoms with Gasteiger partial charge < -0.3 is 5.73 Å². The molecule has 10 heavy (non-hydrogen) atoms. The van der Waals surface area contributed by atoms with Gasteiger partial charge in [0.1, 0.15) is 0 Å². The van der Waals surface area contributed by atoms with Crippen LogP contribution in [0, 0.1) is 0 Å². The molecule has 1 aliphatic carbocycles. The normalized spacial score (nSPS) is 22.0. The van der Waals surface area contributed by atoms with Crippen molar-refractivity contribution in [2.75, 3.05) is 0 Å². The number of nitrogens with two attached hydrogens (primary N) is 1. The van der Waals surface area contributed by atoms with Crippen LogP contribution in [-0.2, 0) is 0 Å². The summed E-state index contributed by atoms with van der Waals surface area (Å²) in [5.41, 5.74) is 7.37. The standard InChI is InChI=1S/C9H17N/c1-2-9(10)8-6-4-3-5-7-8/h6,9H,2-5,7,10H2,1H3/t9-/m1/s1. The molecule has 0 amide bonds. The van der Waals surface area contributed by atoms with Gasteiger partial charge in [0.15, 0.2) is 0 Å². The fraction of sp³-hybridized carbons (Fsp3) is 0.778. The SMILES string of the molecule is CC[C@@H](N)C1=CCCCC1. The van der Waals surface area contributed by atoms with Crippen LogP contribution in [-0.4, -0.2) is 6.04 Å². The van der Waals surface area contributed by atoms with E-state index in [2.05, 4.69) is 13.0 Å². The minimum absolute atomic E-state index is 0.347. The number of hydrogen-bond acceptors (Lipinski definition) is 1. The zero-order valence-electron chi connectivity index (χ0n) is 6.77. The third kappa shape index (κ3) is 1.84. The van der Waals surface area contributed by atoms with E-state index >= 15 is 0 Å². The number of hydrogen-bond donors (Lipinski definition) is 1. The monoisotopic (exact) mass is 139 g/mol. The van der Waals surface area contributed by atoms with Gasteiger partial charge in [0, 0.05) is 6.04 Å². The second-order valence-electron chi connectivity index (χ2n) is 3.04. The molecule has 0 aromatic heterocycles. The van der Waals surface area contributed by atoms with Crippen LogP contribution in [0.25, 0.3) is 0 Å². The van der Waals surface area contributed by atoms with Gasteiger partial charge >= 0.3 is 0 Å². The highest BCUT2D eigenvalue weighted by molar-refractivity contribution is 5.11. The first kappa shape index (κ1) is 7.80. The molecule has 1 aliphatic rings. The summed E-state index contributed by atoms with van der Waals surface area (Å²) in [6.45, 7) is 2.15. The molecule has 1 heteroatoms. The van der Waals surface area contributed by atoms with E-state index in [1.165, 1.54) is 31.3 Å². The zero-order chi connectivity index (χ0) is 7.40. The number of allylic oxidation sites excluding steroid dienone is 1. The van der Waals surface area contributed by atoms with Crippen molar-refractivity contribution in [3.63, 3.8) is 0 Å². The van der Waals surface area contributed by atoms with Gasteiger partial charge in [-0.25, -0.2) is 0 Å². The lowest BCUT2D eigenvalue weighted by atomic mass is 9.93. The van der Waals surface area contributed by atoms with E-state index < -0.39 is 0 Å². The molecule has 0 radical (unpaired) electrons. The Labute approximate surface area is 63.3 Å². The molecule has 0 fully saturated rings. The first-order valence-electron chi connectivity index (χ1n) is 4.29. The second-order valence-corrected chi connectivity index (χ2v) is 3.04. The average molecular weight is 139 g/mol. The molecule has 0 aromatic carbocycles. The molecule has 0 spiro atoms. The van der Waals surface area contributed by atoms with Gasteiger partial charge in [-0.15, -0.1) is 0 Å². The molecule has 0 saturated heterocycles. The Kier molecular flexibility index (Phi) is 2.94. The van der Waals surface area contributed by atoms with E-state index in [-0.39, 0.29) is 0 Å². The van der Waals surface area contributed by atoms with Crippen molar-refractivity contribution in [1.82, 2.24) is 0 Å². The van der Waals surface area contributed by atoms with Crippen LogP contribution >= 0.6 is 0 Å². The molecular weight excluding hydrogens is 122 g/mol. The van der Waals surface area contributed by atoms with E-state index in [4.69, 9.17) is 5.73 Å². The van der Waals surface area contributed by atoms with Crippen molar-refractivity contribution in [2.24, 2.45) is 5.73 Å². The van der Waals surface area contributed by atoms with E-state index in [0.29, 0.717) is 6.04 Å². The molecular formula is C9H17N. The molecule has 1 nitrogen and oxygen atoms in total. The maximum atomic E-state index is 5.88. The summed E-state index contributed by atoms with van der Waals surface area (Å²) in [7, 11) is 0. The Morgan fingerprint density at radius 2 is 2.40 bits per heavy atom. The fourth-order valence-corrected chi connectivity index (χ4v) is 1.46.